The molecule has 4 aromatic rings. The smallest absolute Gasteiger partial charge is 0.406 e. The molecule has 0 saturated carbocycles. The van der Waals surface area contributed by atoms with Gasteiger partial charge < -0.3 is 23.7 Å². The summed E-state index contributed by atoms with van der Waals surface area (Å²) in [7, 11) is 1.55. The average molecular weight is 755 g/mol. The Bertz CT molecular complexity index is 1990. The number of ether oxygens (including phenoxy) is 3. The molecule has 2 saturated heterocycles. The molecule has 0 aliphatic carbocycles. The zero-order chi connectivity index (χ0) is 37.5. The maximum absolute atomic E-state index is 14.7. The predicted octanol–water partition coefficient (Wildman–Crippen LogP) is 6.49. The van der Waals surface area contributed by atoms with Crippen LogP contribution in [0.5, 0.6) is 0 Å². The highest BCUT2D eigenvalue weighted by Crippen LogP contribution is 2.44. The summed E-state index contributed by atoms with van der Waals surface area (Å²) in [5, 5.41) is 4.83. The van der Waals surface area contributed by atoms with E-state index in [-0.39, 0.29) is 25.4 Å². The van der Waals surface area contributed by atoms with Crippen LogP contribution < -0.4 is 10.3 Å². The molecule has 2 unspecified atom stereocenters. The number of amides is 1. The molecular formula is C38H45F3N6O5S. The van der Waals surface area contributed by atoms with Crippen molar-refractivity contribution >= 4 is 39.8 Å². The molecule has 284 valence electrons. The molecule has 3 aliphatic heterocycles. The van der Waals surface area contributed by atoms with Crippen LogP contribution in [0.3, 0.4) is 0 Å². The van der Waals surface area contributed by atoms with Gasteiger partial charge in [-0.3, -0.25) is 19.6 Å². The van der Waals surface area contributed by atoms with Crippen molar-refractivity contribution in [1.29, 1.82) is 0 Å². The molecule has 0 radical (unpaired) electrons. The number of hydrazine groups is 1. The third-order valence-electron chi connectivity index (χ3n) is 10.2. The van der Waals surface area contributed by atoms with E-state index in [0.717, 1.165) is 16.3 Å². The second-order valence-electron chi connectivity index (χ2n) is 14.8. The number of nitrogens with zero attached hydrogens (tertiary/aromatic N) is 5. The van der Waals surface area contributed by atoms with Crippen molar-refractivity contribution in [2.24, 2.45) is 5.41 Å². The van der Waals surface area contributed by atoms with E-state index in [1.165, 1.54) is 20.9 Å². The molecule has 0 spiro atoms. The number of hydrogen-bond acceptors (Lipinski definition) is 10. The van der Waals surface area contributed by atoms with Gasteiger partial charge >= 0.3 is 12.1 Å². The first kappa shape index (κ1) is 37.3. The number of pyridine rings is 1. The Morgan fingerprint density at radius 3 is 2.68 bits per heavy atom. The number of methoxy groups -OCH3 is 1. The summed E-state index contributed by atoms with van der Waals surface area (Å²) in [6, 6.07) is 6.68. The molecule has 11 nitrogen and oxygen atoms in total. The largest absolute Gasteiger partial charge is 0.464 e. The Kier molecular flexibility index (Phi) is 10.5. The fraction of sp³-hybridized carbons (Fsp3) is 0.526. The van der Waals surface area contributed by atoms with Crippen LogP contribution in [0, 0.1) is 5.41 Å². The standard InChI is InChI=1S/C38H45F3N6O5S/c1-23(50-4)34-27(17-25(19-42-34)45-12-14-51-15-13-45)35-28-18-37(2,3)22-52-36(49)29-6-5-11-47(44-29)33(48)10-9-32-43-30(20-53-32)24-7-8-31(26(28)16-24)46(35)21-38(39,40)41/h7-8,16-17,19-20,23,29,44H,5-6,9-15,18,21-22H2,1-4H3. The first-order chi connectivity index (χ1) is 25.3. The van der Waals surface area contributed by atoms with Crippen molar-refractivity contribution in [3.63, 3.8) is 0 Å². The quantitative estimate of drug-likeness (QED) is 0.229. The first-order valence-corrected chi connectivity index (χ1v) is 18.9. The molecule has 3 aliphatic rings. The number of anilines is 1. The molecule has 1 N–H and O–H groups in total. The van der Waals surface area contributed by atoms with Gasteiger partial charge in [0.1, 0.15) is 12.6 Å². The lowest BCUT2D eigenvalue weighted by Crippen LogP contribution is -2.55. The van der Waals surface area contributed by atoms with Crippen LogP contribution in [0.1, 0.15) is 62.4 Å². The van der Waals surface area contributed by atoms with Gasteiger partial charge in [-0.05, 0) is 49.9 Å². The Hall–Kier alpha value is -4.05. The van der Waals surface area contributed by atoms with Crippen LogP contribution in [-0.4, -0.2) is 90.2 Å². The lowest BCUT2D eigenvalue weighted by atomic mass is 9.84. The van der Waals surface area contributed by atoms with Crippen LogP contribution in [0.15, 0.2) is 35.8 Å². The zero-order valence-electron chi connectivity index (χ0n) is 30.4. The second kappa shape index (κ2) is 15.0. The van der Waals surface area contributed by atoms with E-state index in [0.29, 0.717) is 91.2 Å². The van der Waals surface area contributed by atoms with Gasteiger partial charge in [0.05, 0.1) is 59.9 Å². The number of halogens is 3. The van der Waals surface area contributed by atoms with Crippen LogP contribution in [0.4, 0.5) is 18.9 Å². The highest BCUT2D eigenvalue weighted by atomic mass is 32.1. The number of cyclic esters (lactones) is 1. The van der Waals surface area contributed by atoms with Crippen LogP contribution in [-0.2, 0) is 43.2 Å². The summed E-state index contributed by atoms with van der Waals surface area (Å²) >= 11 is 1.44. The second-order valence-corrected chi connectivity index (χ2v) is 15.8. The maximum atomic E-state index is 14.7. The Balaban J connectivity index is 1.44. The molecular weight excluding hydrogens is 710 g/mol. The van der Waals surface area contributed by atoms with Crippen LogP contribution >= 0.6 is 11.3 Å². The molecule has 1 amide bonds. The van der Waals surface area contributed by atoms with E-state index in [1.54, 1.807) is 25.4 Å². The zero-order valence-corrected chi connectivity index (χ0v) is 31.2. The third-order valence-corrected chi connectivity index (χ3v) is 11.1. The number of rotatable bonds is 5. The van der Waals surface area contributed by atoms with Gasteiger partial charge in [-0.25, -0.2) is 10.4 Å². The van der Waals surface area contributed by atoms with Gasteiger partial charge in [0.25, 0.3) is 0 Å². The van der Waals surface area contributed by atoms with E-state index in [4.69, 9.17) is 24.2 Å². The minimum atomic E-state index is -4.54. The number of alkyl halides is 3. The summed E-state index contributed by atoms with van der Waals surface area (Å²) in [4.78, 5) is 38.4. The van der Waals surface area contributed by atoms with Gasteiger partial charge in [0.15, 0.2) is 0 Å². The maximum Gasteiger partial charge on any atom is 0.406 e. The summed E-state index contributed by atoms with van der Waals surface area (Å²) in [5.41, 5.74) is 7.12. The van der Waals surface area contributed by atoms with Crippen molar-refractivity contribution in [2.75, 3.05) is 51.5 Å². The number of benzene rings is 1. The fourth-order valence-corrected chi connectivity index (χ4v) is 8.25. The fourth-order valence-electron chi connectivity index (χ4n) is 7.44. The van der Waals surface area contributed by atoms with Crippen molar-refractivity contribution < 1.29 is 37.0 Å². The Morgan fingerprint density at radius 1 is 1.13 bits per heavy atom. The number of carbonyl (C=O) groups excluding carboxylic acids is 2. The molecule has 15 heteroatoms. The van der Waals surface area contributed by atoms with Gasteiger partial charge in [-0.1, -0.05) is 19.9 Å². The normalized spacial score (nSPS) is 20.7. The highest BCUT2D eigenvalue weighted by Gasteiger charge is 2.36. The number of aryl methyl sites for hydroxylation is 1. The van der Waals surface area contributed by atoms with E-state index < -0.39 is 36.3 Å². The van der Waals surface area contributed by atoms with E-state index in [1.807, 2.05) is 38.3 Å². The van der Waals surface area contributed by atoms with Crippen LogP contribution in [0.2, 0.25) is 0 Å². The third kappa shape index (κ3) is 8.08. The number of nitrogens with one attached hydrogen (secondary N) is 1. The van der Waals surface area contributed by atoms with Crippen molar-refractivity contribution in [2.45, 2.75) is 77.7 Å². The number of thiazole rings is 1. The first-order valence-electron chi connectivity index (χ1n) is 18.1. The number of aromatic nitrogens is 3. The van der Waals surface area contributed by atoms with Crippen molar-refractivity contribution in [1.82, 2.24) is 25.0 Å². The summed E-state index contributed by atoms with van der Waals surface area (Å²) in [5.74, 6) is -0.596. The molecule has 7 rings (SSSR count). The number of morpholine rings is 1. The lowest BCUT2D eigenvalue weighted by Gasteiger charge is -2.33. The number of fused-ring (bicyclic) bond motifs is 6. The molecule has 3 aromatic heterocycles. The minimum Gasteiger partial charge on any atom is -0.464 e. The van der Waals surface area contributed by atoms with Gasteiger partial charge in [-0.2, -0.15) is 13.2 Å². The SMILES string of the molecule is COC(C)c1ncc(N2CCOCC2)cc1-c1c2c3cc(ccc3n1CC(F)(F)F)-c1csc(n1)CCC(=O)N1CCCC(N1)C(=O)OCC(C)(C)C2. The summed E-state index contributed by atoms with van der Waals surface area (Å²) in [6.07, 6.45) is -1.26. The van der Waals surface area contributed by atoms with E-state index in [2.05, 4.69) is 10.3 Å². The number of esters is 1. The molecule has 2 atom stereocenters. The summed E-state index contributed by atoms with van der Waals surface area (Å²) in [6.45, 7) is 7.29. The Morgan fingerprint density at radius 2 is 1.92 bits per heavy atom. The Labute approximate surface area is 310 Å². The molecule has 2 fully saturated rings. The van der Waals surface area contributed by atoms with E-state index >= 15 is 0 Å². The molecule has 6 bridgehead atoms. The number of hydrogen-bond donors (Lipinski definition) is 1. The molecule has 1 aromatic carbocycles. The van der Waals surface area contributed by atoms with Gasteiger partial charge in [0.2, 0.25) is 5.91 Å². The van der Waals surface area contributed by atoms with Gasteiger partial charge in [-0.15, -0.1) is 11.3 Å². The average Bonchev–Trinajstić information content (AvgIpc) is 3.74. The lowest BCUT2D eigenvalue weighted by molar-refractivity contribution is -0.154. The van der Waals surface area contributed by atoms with E-state index in [9.17, 15) is 22.8 Å². The monoisotopic (exact) mass is 754 g/mol. The predicted molar refractivity (Wildman–Crippen MR) is 195 cm³/mol. The van der Waals surface area contributed by atoms with Gasteiger partial charge in [0, 0.05) is 72.4 Å². The molecule has 53 heavy (non-hydrogen) atoms. The highest BCUT2D eigenvalue weighted by molar-refractivity contribution is 7.09. The minimum absolute atomic E-state index is 0.00583. The van der Waals surface area contributed by atoms with Crippen molar-refractivity contribution in [3.05, 3.63) is 52.1 Å². The summed E-state index contributed by atoms with van der Waals surface area (Å²) < 4.78 is 62.6. The number of carbonyl (C=O) groups is 2. The van der Waals surface area contributed by atoms with Crippen molar-refractivity contribution in [3.8, 4) is 22.5 Å². The van der Waals surface area contributed by atoms with Crippen LogP contribution in [0.25, 0.3) is 33.4 Å². The molecule has 6 heterocycles. The topological polar surface area (TPSA) is 111 Å².